The van der Waals surface area contributed by atoms with Gasteiger partial charge in [0.05, 0.1) is 19.1 Å². The summed E-state index contributed by atoms with van der Waals surface area (Å²) < 4.78 is 31.1. The number of benzene rings is 2. The smallest absolute Gasteiger partial charge is 0.232 e. The lowest BCUT2D eigenvalue weighted by Crippen LogP contribution is -2.35. The van der Waals surface area contributed by atoms with Crippen LogP contribution in [0.4, 0.5) is 5.69 Å². The zero-order valence-electron chi connectivity index (χ0n) is 16.2. The monoisotopic (exact) mass is 390 g/mol. The Morgan fingerprint density at radius 2 is 1.81 bits per heavy atom. The van der Waals surface area contributed by atoms with Crippen LogP contribution in [0.15, 0.2) is 42.5 Å². The molecule has 2 aromatic rings. The van der Waals surface area contributed by atoms with Crippen LogP contribution in [0.1, 0.15) is 23.1 Å². The number of hydrogen-bond acceptors (Lipinski definition) is 4. The third kappa shape index (κ3) is 5.47. The Balaban J connectivity index is 2.05. The zero-order valence-corrected chi connectivity index (χ0v) is 17.0. The van der Waals surface area contributed by atoms with Gasteiger partial charge in [-0.2, -0.15) is 0 Å². The predicted octanol–water partition coefficient (Wildman–Crippen LogP) is 2.78. The molecular weight excluding hydrogens is 364 g/mol. The number of nitrogens with zero attached hydrogens (tertiary/aromatic N) is 1. The Bertz CT molecular complexity index is 910. The third-order valence-electron chi connectivity index (χ3n) is 4.46. The molecular formula is C20H26N2O4S. The summed E-state index contributed by atoms with van der Waals surface area (Å²) >= 11 is 0. The highest BCUT2D eigenvalue weighted by molar-refractivity contribution is 7.92. The van der Waals surface area contributed by atoms with Crippen molar-refractivity contribution in [3.8, 4) is 5.75 Å². The maximum Gasteiger partial charge on any atom is 0.232 e. The average molecular weight is 391 g/mol. The molecule has 6 nitrogen and oxygen atoms in total. The van der Waals surface area contributed by atoms with Gasteiger partial charge in [-0.3, -0.25) is 9.10 Å². The lowest BCUT2D eigenvalue weighted by atomic mass is 10.1. The lowest BCUT2D eigenvalue weighted by Gasteiger charge is -2.24. The first-order valence-electron chi connectivity index (χ1n) is 8.66. The molecule has 0 unspecified atom stereocenters. The summed E-state index contributed by atoms with van der Waals surface area (Å²) in [5.74, 6) is 0.478. The number of para-hydroxylation sites is 1. The summed E-state index contributed by atoms with van der Waals surface area (Å²) in [7, 11) is -1.92. The Morgan fingerprint density at radius 1 is 1.11 bits per heavy atom. The third-order valence-corrected chi connectivity index (χ3v) is 5.64. The molecule has 0 saturated heterocycles. The molecule has 0 aromatic heterocycles. The second kappa shape index (κ2) is 8.90. The maximum absolute atomic E-state index is 12.3. The van der Waals surface area contributed by atoms with Crippen LogP contribution in [-0.2, 0) is 21.4 Å². The Kier molecular flexibility index (Phi) is 6.85. The van der Waals surface area contributed by atoms with E-state index in [4.69, 9.17) is 4.74 Å². The van der Waals surface area contributed by atoms with Gasteiger partial charge < -0.3 is 10.1 Å². The van der Waals surface area contributed by atoms with Crippen molar-refractivity contribution in [2.75, 3.05) is 24.2 Å². The highest BCUT2D eigenvalue weighted by atomic mass is 32.2. The van der Waals surface area contributed by atoms with Crippen molar-refractivity contribution in [1.29, 1.82) is 0 Å². The maximum atomic E-state index is 12.3. The number of methoxy groups -OCH3 is 1. The van der Waals surface area contributed by atoms with Gasteiger partial charge in [-0.1, -0.05) is 30.3 Å². The van der Waals surface area contributed by atoms with Crippen LogP contribution in [0.25, 0.3) is 0 Å². The molecule has 0 saturated carbocycles. The molecule has 0 aliphatic heterocycles. The van der Waals surface area contributed by atoms with Crippen molar-refractivity contribution >= 4 is 21.6 Å². The van der Waals surface area contributed by atoms with E-state index >= 15 is 0 Å². The van der Waals surface area contributed by atoms with Crippen molar-refractivity contribution in [3.05, 3.63) is 59.2 Å². The highest BCUT2D eigenvalue weighted by Crippen LogP contribution is 2.25. The number of carbonyl (C=O) groups is 1. The number of rotatable bonds is 8. The quantitative estimate of drug-likeness (QED) is 0.752. The van der Waals surface area contributed by atoms with E-state index in [0.717, 1.165) is 22.9 Å². The summed E-state index contributed by atoms with van der Waals surface area (Å²) in [4.78, 5) is 12.3. The van der Waals surface area contributed by atoms with E-state index in [1.165, 1.54) is 4.31 Å². The Morgan fingerprint density at radius 3 is 2.48 bits per heavy atom. The Labute approximate surface area is 161 Å². The van der Waals surface area contributed by atoms with E-state index in [1.807, 2.05) is 50.2 Å². The molecule has 0 bridgehead atoms. The van der Waals surface area contributed by atoms with Crippen LogP contribution < -0.4 is 14.4 Å². The molecule has 0 fully saturated rings. The topological polar surface area (TPSA) is 75.7 Å². The van der Waals surface area contributed by atoms with E-state index < -0.39 is 10.0 Å². The zero-order chi connectivity index (χ0) is 20.0. The number of sulfonamides is 1. The van der Waals surface area contributed by atoms with Crippen molar-refractivity contribution in [2.45, 2.75) is 26.8 Å². The molecule has 7 heteroatoms. The van der Waals surface area contributed by atoms with Gasteiger partial charge in [0.25, 0.3) is 0 Å². The lowest BCUT2D eigenvalue weighted by molar-refractivity contribution is -0.121. The summed E-state index contributed by atoms with van der Waals surface area (Å²) in [5, 5.41) is 2.82. The second-order valence-electron chi connectivity index (χ2n) is 6.39. The van der Waals surface area contributed by atoms with E-state index in [9.17, 15) is 13.2 Å². The van der Waals surface area contributed by atoms with Crippen molar-refractivity contribution in [1.82, 2.24) is 5.32 Å². The first-order chi connectivity index (χ1) is 12.7. The van der Waals surface area contributed by atoms with Crippen LogP contribution in [0, 0.1) is 13.8 Å². The van der Waals surface area contributed by atoms with Crippen LogP contribution in [0.2, 0.25) is 0 Å². The number of aryl methyl sites for hydroxylation is 1. The summed E-state index contributed by atoms with van der Waals surface area (Å²) in [5.41, 5.74) is 3.36. The second-order valence-corrected chi connectivity index (χ2v) is 8.30. The summed E-state index contributed by atoms with van der Waals surface area (Å²) in [6.07, 6.45) is 1.22. The van der Waals surface area contributed by atoms with Gasteiger partial charge in [-0.25, -0.2) is 8.42 Å². The van der Waals surface area contributed by atoms with Crippen molar-refractivity contribution in [2.24, 2.45) is 0 Å². The van der Waals surface area contributed by atoms with E-state index in [0.29, 0.717) is 18.0 Å². The SMILES string of the molecule is COc1ccccc1CNC(=O)CCN(c1cccc(C)c1C)S(C)(=O)=O. The fourth-order valence-corrected chi connectivity index (χ4v) is 3.78. The van der Waals surface area contributed by atoms with Gasteiger partial charge in [0.1, 0.15) is 5.75 Å². The van der Waals surface area contributed by atoms with Gasteiger partial charge in [0, 0.05) is 25.1 Å². The normalized spacial score (nSPS) is 11.1. The minimum Gasteiger partial charge on any atom is -0.496 e. The molecule has 0 heterocycles. The summed E-state index contributed by atoms with van der Waals surface area (Å²) in [6, 6.07) is 12.9. The standard InChI is InChI=1S/C20H26N2O4S/c1-15-8-7-10-18(16(15)2)22(27(4,24)25)13-12-20(23)21-14-17-9-5-6-11-19(17)26-3/h5-11H,12-14H2,1-4H3,(H,21,23). The molecule has 0 atom stereocenters. The largest absolute Gasteiger partial charge is 0.496 e. The van der Waals surface area contributed by atoms with Gasteiger partial charge in [0.15, 0.2) is 0 Å². The van der Waals surface area contributed by atoms with Gasteiger partial charge >= 0.3 is 0 Å². The molecule has 2 aromatic carbocycles. The number of hydrogen-bond donors (Lipinski definition) is 1. The number of anilines is 1. The molecule has 1 N–H and O–H groups in total. The van der Waals surface area contributed by atoms with Crippen LogP contribution >= 0.6 is 0 Å². The van der Waals surface area contributed by atoms with E-state index in [1.54, 1.807) is 13.2 Å². The number of carbonyl (C=O) groups excluding carboxylic acids is 1. The Hall–Kier alpha value is -2.54. The van der Waals surface area contributed by atoms with Gasteiger partial charge in [-0.05, 0) is 37.1 Å². The minimum absolute atomic E-state index is 0.0651. The van der Waals surface area contributed by atoms with Gasteiger partial charge in [-0.15, -0.1) is 0 Å². The molecule has 1 amide bonds. The van der Waals surface area contributed by atoms with E-state index in [2.05, 4.69) is 5.32 Å². The predicted molar refractivity (Wildman–Crippen MR) is 108 cm³/mol. The average Bonchev–Trinajstić information content (AvgIpc) is 2.62. The van der Waals surface area contributed by atoms with Crippen LogP contribution in [0.3, 0.4) is 0 Å². The molecule has 0 radical (unpaired) electrons. The number of amides is 1. The van der Waals surface area contributed by atoms with E-state index in [-0.39, 0.29) is 18.9 Å². The van der Waals surface area contributed by atoms with Crippen LogP contribution in [0.5, 0.6) is 5.75 Å². The number of nitrogens with one attached hydrogen (secondary N) is 1. The van der Waals surface area contributed by atoms with Crippen molar-refractivity contribution in [3.63, 3.8) is 0 Å². The molecule has 0 aliphatic rings. The number of ether oxygens (including phenoxy) is 1. The molecule has 2 rings (SSSR count). The van der Waals surface area contributed by atoms with Gasteiger partial charge in [0.2, 0.25) is 15.9 Å². The first kappa shape index (κ1) is 20.8. The fraction of sp³-hybridized carbons (Fsp3) is 0.350. The fourth-order valence-electron chi connectivity index (χ4n) is 2.81. The summed E-state index contributed by atoms with van der Waals surface area (Å²) in [6.45, 7) is 4.22. The molecule has 0 aliphatic carbocycles. The highest BCUT2D eigenvalue weighted by Gasteiger charge is 2.20. The minimum atomic E-state index is -3.50. The molecule has 0 spiro atoms. The molecule has 146 valence electrons. The van der Waals surface area contributed by atoms with Crippen molar-refractivity contribution < 1.29 is 17.9 Å². The van der Waals surface area contributed by atoms with Crippen LogP contribution in [-0.4, -0.2) is 34.2 Å². The molecule has 27 heavy (non-hydrogen) atoms. The first-order valence-corrected chi connectivity index (χ1v) is 10.5.